The van der Waals surface area contributed by atoms with E-state index in [0.717, 1.165) is 22.3 Å². The minimum absolute atomic E-state index is 0.148. The van der Waals surface area contributed by atoms with Crippen LogP contribution < -0.4 is 5.73 Å². The molecule has 0 aromatic heterocycles. The van der Waals surface area contributed by atoms with E-state index in [4.69, 9.17) is 10.8 Å². The second-order valence-corrected chi connectivity index (χ2v) is 4.34. The Hall–Kier alpha value is -2.29. The molecule has 0 spiro atoms. The number of hydrogen-bond acceptors (Lipinski definition) is 2. The molecule has 0 bridgehead atoms. The van der Waals surface area contributed by atoms with Crippen molar-refractivity contribution in [2.75, 3.05) is 5.73 Å². The van der Waals surface area contributed by atoms with Crippen LogP contribution in [0.15, 0.2) is 36.4 Å². The number of nitrogens with two attached hydrogens (primary N) is 1. The Labute approximate surface area is 106 Å². The number of carboxylic acid groups (broad SMARTS) is 1. The summed E-state index contributed by atoms with van der Waals surface area (Å²) in [6.45, 7) is 3.99. The number of carbonyl (C=O) groups is 1. The van der Waals surface area contributed by atoms with E-state index in [9.17, 15) is 4.79 Å². The summed E-state index contributed by atoms with van der Waals surface area (Å²) in [7, 11) is 0. The summed E-state index contributed by atoms with van der Waals surface area (Å²) in [6.07, 6.45) is 0. The third kappa shape index (κ3) is 1.95. The SMILES string of the molecule is Cc1cccc(C)c1-c1cccc(C(=O)O)c1N. The average molecular weight is 241 g/mol. The van der Waals surface area contributed by atoms with Crippen LogP contribution in [0, 0.1) is 13.8 Å². The van der Waals surface area contributed by atoms with Gasteiger partial charge in [0.1, 0.15) is 0 Å². The number of para-hydroxylation sites is 1. The van der Waals surface area contributed by atoms with Gasteiger partial charge in [-0.1, -0.05) is 30.3 Å². The third-order valence-corrected chi connectivity index (χ3v) is 3.09. The molecule has 0 saturated heterocycles. The lowest BCUT2D eigenvalue weighted by molar-refractivity contribution is 0.0698. The van der Waals surface area contributed by atoms with Crippen LogP contribution in [-0.4, -0.2) is 11.1 Å². The molecule has 3 heteroatoms. The molecule has 92 valence electrons. The summed E-state index contributed by atoms with van der Waals surface area (Å²) < 4.78 is 0. The standard InChI is InChI=1S/C15H15NO2/c1-9-5-3-6-10(2)13(9)11-7-4-8-12(14(11)16)15(17)18/h3-8H,16H2,1-2H3,(H,17,18). The zero-order valence-electron chi connectivity index (χ0n) is 10.4. The number of nitrogen functional groups attached to an aromatic ring is 1. The van der Waals surface area contributed by atoms with E-state index in [1.165, 1.54) is 6.07 Å². The molecule has 0 aliphatic rings. The van der Waals surface area contributed by atoms with Crippen molar-refractivity contribution in [2.45, 2.75) is 13.8 Å². The lowest BCUT2D eigenvalue weighted by Crippen LogP contribution is -2.04. The van der Waals surface area contributed by atoms with Crippen LogP contribution in [-0.2, 0) is 0 Å². The van der Waals surface area contributed by atoms with E-state index in [1.54, 1.807) is 6.07 Å². The van der Waals surface area contributed by atoms with Gasteiger partial charge in [0.15, 0.2) is 0 Å². The molecule has 2 aromatic carbocycles. The number of aryl methyl sites for hydroxylation is 2. The van der Waals surface area contributed by atoms with Gasteiger partial charge in [-0.3, -0.25) is 0 Å². The second kappa shape index (κ2) is 4.53. The van der Waals surface area contributed by atoms with E-state index < -0.39 is 5.97 Å². The van der Waals surface area contributed by atoms with E-state index in [2.05, 4.69) is 0 Å². The summed E-state index contributed by atoms with van der Waals surface area (Å²) in [5, 5.41) is 9.10. The number of aromatic carboxylic acids is 1. The summed E-state index contributed by atoms with van der Waals surface area (Å²) in [4.78, 5) is 11.1. The van der Waals surface area contributed by atoms with Gasteiger partial charge in [0.2, 0.25) is 0 Å². The van der Waals surface area contributed by atoms with E-state index in [0.29, 0.717) is 5.69 Å². The summed E-state index contributed by atoms with van der Waals surface area (Å²) in [6, 6.07) is 11.1. The van der Waals surface area contributed by atoms with E-state index in [-0.39, 0.29) is 5.56 Å². The summed E-state index contributed by atoms with van der Waals surface area (Å²) in [5.74, 6) is -0.999. The first-order valence-corrected chi connectivity index (χ1v) is 5.70. The normalized spacial score (nSPS) is 10.3. The molecular formula is C15H15NO2. The van der Waals surface area contributed by atoms with Crippen molar-refractivity contribution in [1.29, 1.82) is 0 Å². The highest BCUT2D eigenvalue weighted by molar-refractivity contribution is 5.98. The Morgan fingerprint density at radius 3 is 2.17 bits per heavy atom. The van der Waals surface area contributed by atoms with Crippen LogP contribution >= 0.6 is 0 Å². The monoisotopic (exact) mass is 241 g/mol. The lowest BCUT2D eigenvalue weighted by atomic mass is 9.93. The van der Waals surface area contributed by atoms with Crippen LogP contribution in [0.4, 0.5) is 5.69 Å². The fourth-order valence-corrected chi connectivity index (χ4v) is 2.21. The van der Waals surface area contributed by atoms with Gasteiger partial charge in [0.25, 0.3) is 0 Å². The van der Waals surface area contributed by atoms with Crippen LogP contribution in [0.2, 0.25) is 0 Å². The van der Waals surface area contributed by atoms with Crippen LogP contribution in [0.1, 0.15) is 21.5 Å². The van der Waals surface area contributed by atoms with Gasteiger partial charge in [-0.25, -0.2) is 4.79 Å². The highest BCUT2D eigenvalue weighted by atomic mass is 16.4. The Morgan fingerprint density at radius 1 is 1.06 bits per heavy atom. The van der Waals surface area contributed by atoms with Crippen molar-refractivity contribution in [3.8, 4) is 11.1 Å². The minimum Gasteiger partial charge on any atom is -0.478 e. The van der Waals surface area contributed by atoms with Crippen molar-refractivity contribution in [3.63, 3.8) is 0 Å². The molecule has 0 amide bonds. The molecule has 0 unspecified atom stereocenters. The molecule has 3 N–H and O–H groups in total. The first-order valence-electron chi connectivity index (χ1n) is 5.70. The number of hydrogen-bond donors (Lipinski definition) is 2. The number of carboxylic acids is 1. The zero-order chi connectivity index (χ0) is 13.3. The van der Waals surface area contributed by atoms with Crippen molar-refractivity contribution >= 4 is 11.7 Å². The molecule has 2 rings (SSSR count). The number of anilines is 1. The highest BCUT2D eigenvalue weighted by Gasteiger charge is 2.14. The molecule has 0 saturated carbocycles. The quantitative estimate of drug-likeness (QED) is 0.793. The fraction of sp³-hybridized carbons (Fsp3) is 0.133. The predicted octanol–water partition coefficient (Wildman–Crippen LogP) is 3.25. The molecule has 2 aromatic rings. The van der Waals surface area contributed by atoms with Gasteiger partial charge < -0.3 is 10.8 Å². The molecule has 0 atom stereocenters. The number of rotatable bonds is 2. The number of benzene rings is 2. The lowest BCUT2D eigenvalue weighted by Gasteiger charge is -2.13. The fourth-order valence-electron chi connectivity index (χ4n) is 2.21. The maximum absolute atomic E-state index is 11.1. The van der Waals surface area contributed by atoms with Gasteiger partial charge >= 0.3 is 5.97 Å². The molecule has 3 nitrogen and oxygen atoms in total. The Bertz CT molecular complexity index is 598. The van der Waals surface area contributed by atoms with Crippen molar-refractivity contribution in [1.82, 2.24) is 0 Å². The van der Waals surface area contributed by atoms with Crippen molar-refractivity contribution in [2.24, 2.45) is 0 Å². The third-order valence-electron chi connectivity index (χ3n) is 3.09. The van der Waals surface area contributed by atoms with E-state index >= 15 is 0 Å². The Balaban J connectivity index is 2.73. The predicted molar refractivity (Wildman–Crippen MR) is 72.7 cm³/mol. The topological polar surface area (TPSA) is 63.3 Å². The molecule has 0 aliphatic carbocycles. The van der Waals surface area contributed by atoms with E-state index in [1.807, 2.05) is 38.1 Å². The van der Waals surface area contributed by atoms with Gasteiger partial charge in [0.05, 0.1) is 11.3 Å². The first kappa shape index (κ1) is 12.2. The first-order chi connectivity index (χ1) is 8.52. The maximum Gasteiger partial charge on any atom is 0.337 e. The van der Waals surface area contributed by atoms with Gasteiger partial charge in [-0.2, -0.15) is 0 Å². The summed E-state index contributed by atoms with van der Waals surface area (Å²) in [5.41, 5.74) is 10.4. The maximum atomic E-state index is 11.1. The van der Waals surface area contributed by atoms with Crippen LogP contribution in [0.3, 0.4) is 0 Å². The summed E-state index contributed by atoms with van der Waals surface area (Å²) >= 11 is 0. The minimum atomic E-state index is -0.999. The van der Waals surface area contributed by atoms with Gasteiger partial charge in [-0.05, 0) is 36.6 Å². The van der Waals surface area contributed by atoms with Crippen molar-refractivity contribution < 1.29 is 9.90 Å². The molecule has 0 heterocycles. The molecule has 0 radical (unpaired) electrons. The molecule has 18 heavy (non-hydrogen) atoms. The average Bonchev–Trinajstić information content (AvgIpc) is 2.30. The van der Waals surface area contributed by atoms with Crippen LogP contribution in [0.5, 0.6) is 0 Å². The Kier molecular flexibility index (Phi) is 3.06. The van der Waals surface area contributed by atoms with Gasteiger partial charge in [0, 0.05) is 5.56 Å². The zero-order valence-corrected chi connectivity index (χ0v) is 10.4. The highest BCUT2D eigenvalue weighted by Crippen LogP contribution is 2.33. The second-order valence-electron chi connectivity index (χ2n) is 4.34. The molecule has 0 aliphatic heterocycles. The van der Waals surface area contributed by atoms with Gasteiger partial charge in [-0.15, -0.1) is 0 Å². The molecule has 0 fully saturated rings. The smallest absolute Gasteiger partial charge is 0.337 e. The van der Waals surface area contributed by atoms with Crippen molar-refractivity contribution in [3.05, 3.63) is 53.1 Å². The largest absolute Gasteiger partial charge is 0.478 e. The molecular weight excluding hydrogens is 226 g/mol. The Morgan fingerprint density at radius 2 is 1.61 bits per heavy atom. The van der Waals surface area contributed by atoms with Crippen LogP contribution in [0.25, 0.3) is 11.1 Å².